The lowest BCUT2D eigenvalue weighted by Gasteiger charge is -2.29. The summed E-state index contributed by atoms with van der Waals surface area (Å²) < 4.78 is 6.10. The van der Waals surface area contributed by atoms with Crippen LogP contribution in [0.15, 0.2) is 11.4 Å². The molecule has 1 saturated carbocycles. The first-order valence-electron chi connectivity index (χ1n) is 10.5. The molecule has 3 rings (SSSR count). The fourth-order valence-corrected chi connectivity index (χ4v) is 4.93. The van der Waals surface area contributed by atoms with Crippen molar-refractivity contribution in [3.63, 3.8) is 0 Å². The van der Waals surface area contributed by atoms with Gasteiger partial charge in [-0.15, -0.1) is 11.3 Å². The molecule has 2 aromatic rings. The van der Waals surface area contributed by atoms with Crippen molar-refractivity contribution in [1.82, 2.24) is 9.88 Å². The molecule has 8 heteroatoms. The molecule has 0 saturated heterocycles. The molecule has 0 radical (unpaired) electrons. The molecule has 0 aliphatic heterocycles. The zero-order valence-corrected chi connectivity index (χ0v) is 20.5. The van der Waals surface area contributed by atoms with Crippen LogP contribution in [0.4, 0.5) is 5.69 Å². The van der Waals surface area contributed by atoms with E-state index in [1.165, 1.54) is 11.3 Å². The summed E-state index contributed by atoms with van der Waals surface area (Å²) in [6, 6.07) is 2.11. The molecule has 6 nitrogen and oxygen atoms in total. The third-order valence-corrected chi connectivity index (χ3v) is 6.61. The van der Waals surface area contributed by atoms with Crippen LogP contribution in [0.2, 0.25) is 0 Å². The van der Waals surface area contributed by atoms with Gasteiger partial charge in [0, 0.05) is 23.4 Å². The van der Waals surface area contributed by atoms with E-state index in [-0.39, 0.29) is 17.6 Å². The number of nitrogens with zero attached hydrogens (tertiary/aromatic N) is 2. The van der Waals surface area contributed by atoms with E-state index >= 15 is 0 Å². The molecular weight excluding hydrogens is 430 g/mol. The minimum absolute atomic E-state index is 0.121. The van der Waals surface area contributed by atoms with Crippen molar-refractivity contribution in [2.75, 3.05) is 19.4 Å². The van der Waals surface area contributed by atoms with Gasteiger partial charge in [-0.25, -0.2) is 9.78 Å². The molecule has 2 heterocycles. The molecule has 1 aliphatic carbocycles. The van der Waals surface area contributed by atoms with Crippen molar-refractivity contribution < 1.29 is 14.6 Å². The molecule has 0 amide bonds. The first-order chi connectivity index (χ1) is 14.6. The summed E-state index contributed by atoms with van der Waals surface area (Å²) in [5.74, 6) is 5.39. The number of aromatic carboxylic acids is 1. The number of carbonyl (C=O) groups is 1. The first-order valence-corrected chi connectivity index (χ1v) is 12.2. The third kappa shape index (κ3) is 7.23. The molecule has 2 aromatic heterocycles. The Kier molecular flexibility index (Phi) is 7.63. The van der Waals surface area contributed by atoms with Gasteiger partial charge in [-0.3, -0.25) is 0 Å². The number of rotatable bonds is 7. The van der Waals surface area contributed by atoms with Gasteiger partial charge in [-0.2, -0.15) is 0 Å². The van der Waals surface area contributed by atoms with Crippen molar-refractivity contribution in [1.29, 1.82) is 0 Å². The highest BCUT2D eigenvalue weighted by molar-refractivity contribution is 7.15. The van der Waals surface area contributed by atoms with E-state index in [1.807, 2.05) is 46.3 Å². The van der Waals surface area contributed by atoms with Gasteiger partial charge in [0.1, 0.15) is 11.0 Å². The maximum absolute atomic E-state index is 11.7. The number of hydrogen-bond acceptors (Lipinski definition) is 7. The maximum Gasteiger partial charge on any atom is 0.348 e. The second-order valence-corrected chi connectivity index (χ2v) is 11.1. The Hall–Kier alpha value is -2.08. The monoisotopic (exact) mass is 461 g/mol. The topological polar surface area (TPSA) is 74.7 Å². The molecule has 168 valence electrons. The SMILES string of the molecule is CN(C)Cc1csc(O[C@H]2CC[C@H](Nc3cc(C#CC(C)(C)C)sc3C(=O)O)CC2)n1. The quantitative estimate of drug-likeness (QED) is 0.555. The number of carboxylic acids is 1. The van der Waals surface area contributed by atoms with Crippen LogP contribution in [0, 0.1) is 17.3 Å². The molecule has 1 aliphatic rings. The average Bonchev–Trinajstić information content (AvgIpc) is 3.27. The van der Waals surface area contributed by atoms with Gasteiger partial charge in [0.05, 0.1) is 16.3 Å². The number of thiazole rings is 1. The van der Waals surface area contributed by atoms with Gasteiger partial charge in [-0.05, 0) is 66.6 Å². The van der Waals surface area contributed by atoms with E-state index < -0.39 is 5.97 Å². The van der Waals surface area contributed by atoms with Crippen LogP contribution in [0.25, 0.3) is 0 Å². The van der Waals surface area contributed by atoms with Crippen molar-refractivity contribution in [2.24, 2.45) is 5.41 Å². The minimum atomic E-state index is -0.911. The predicted molar refractivity (Wildman–Crippen MR) is 127 cm³/mol. The van der Waals surface area contributed by atoms with Crippen LogP contribution in [0.3, 0.4) is 0 Å². The summed E-state index contributed by atoms with van der Waals surface area (Å²) in [6.45, 7) is 6.94. The fraction of sp³-hybridized carbons (Fsp3) is 0.565. The van der Waals surface area contributed by atoms with Gasteiger partial charge in [-0.1, -0.05) is 23.2 Å². The van der Waals surface area contributed by atoms with E-state index in [1.54, 1.807) is 11.3 Å². The molecule has 0 spiro atoms. The number of carboxylic acid groups (broad SMARTS) is 1. The van der Waals surface area contributed by atoms with E-state index in [9.17, 15) is 9.90 Å². The molecule has 2 N–H and O–H groups in total. The van der Waals surface area contributed by atoms with Gasteiger partial charge >= 0.3 is 5.97 Å². The summed E-state index contributed by atoms with van der Waals surface area (Å²) in [4.78, 5) is 19.5. The van der Waals surface area contributed by atoms with E-state index in [0.717, 1.165) is 48.0 Å². The minimum Gasteiger partial charge on any atom is -0.477 e. The van der Waals surface area contributed by atoms with Gasteiger partial charge in [0.15, 0.2) is 0 Å². The molecule has 0 aromatic carbocycles. The summed E-state index contributed by atoms with van der Waals surface area (Å²) in [6.07, 6.45) is 3.86. The lowest BCUT2D eigenvalue weighted by atomic mass is 9.93. The zero-order chi connectivity index (χ0) is 22.6. The second-order valence-electron chi connectivity index (χ2n) is 9.24. The molecule has 0 bridgehead atoms. The number of anilines is 1. The number of thiophene rings is 1. The summed E-state index contributed by atoms with van der Waals surface area (Å²) in [5.41, 5.74) is 1.59. The van der Waals surface area contributed by atoms with Crippen molar-refractivity contribution in [3.8, 4) is 17.0 Å². The van der Waals surface area contributed by atoms with Gasteiger partial charge in [0.2, 0.25) is 0 Å². The highest BCUT2D eigenvalue weighted by atomic mass is 32.1. The van der Waals surface area contributed by atoms with Crippen LogP contribution in [0.5, 0.6) is 5.19 Å². The summed E-state index contributed by atoms with van der Waals surface area (Å²) >= 11 is 2.79. The Balaban J connectivity index is 1.56. The Morgan fingerprint density at radius 3 is 2.65 bits per heavy atom. The Labute approximate surface area is 192 Å². The highest BCUT2D eigenvalue weighted by Crippen LogP contribution is 2.32. The lowest BCUT2D eigenvalue weighted by Crippen LogP contribution is -2.31. The third-order valence-electron chi connectivity index (χ3n) is 4.80. The summed E-state index contributed by atoms with van der Waals surface area (Å²) in [7, 11) is 4.05. The Morgan fingerprint density at radius 1 is 1.32 bits per heavy atom. The van der Waals surface area contributed by atoms with Crippen LogP contribution in [0.1, 0.15) is 66.7 Å². The number of hydrogen-bond donors (Lipinski definition) is 2. The van der Waals surface area contributed by atoms with Crippen LogP contribution >= 0.6 is 22.7 Å². The predicted octanol–water partition coefficient (Wildman–Crippen LogP) is 5.16. The van der Waals surface area contributed by atoms with E-state index in [4.69, 9.17) is 4.74 Å². The number of aromatic nitrogens is 1. The van der Waals surface area contributed by atoms with Gasteiger partial charge < -0.3 is 20.1 Å². The molecular formula is C23H31N3O3S2. The van der Waals surface area contributed by atoms with Gasteiger partial charge in [0.25, 0.3) is 5.19 Å². The van der Waals surface area contributed by atoms with E-state index in [2.05, 4.69) is 27.0 Å². The van der Waals surface area contributed by atoms with E-state index in [0.29, 0.717) is 10.6 Å². The standard InChI is InChI=1S/C23H31N3O3S2/c1-23(2,3)11-10-18-12-19(20(31-18)21(27)28)24-15-6-8-17(9-7-15)29-22-25-16(14-30-22)13-26(4)5/h12,14-15,17,24H,6-9,13H2,1-5H3,(H,27,28)/t15-,17-. The largest absolute Gasteiger partial charge is 0.477 e. The molecule has 31 heavy (non-hydrogen) atoms. The fourth-order valence-electron chi connectivity index (χ4n) is 3.39. The number of ether oxygens (including phenoxy) is 1. The smallest absolute Gasteiger partial charge is 0.348 e. The van der Waals surface area contributed by atoms with Crippen molar-refractivity contribution in [3.05, 3.63) is 26.9 Å². The Bertz CT molecular complexity index is 955. The highest BCUT2D eigenvalue weighted by Gasteiger charge is 2.25. The molecule has 0 atom stereocenters. The van der Waals surface area contributed by atoms with Crippen LogP contribution in [-0.4, -0.2) is 47.2 Å². The number of nitrogens with one attached hydrogen (secondary N) is 1. The first kappa shape index (κ1) is 23.6. The van der Waals surface area contributed by atoms with Crippen LogP contribution in [-0.2, 0) is 6.54 Å². The maximum atomic E-state index is 11.7. The van der Waals surface area contributed by atoms with Crippen molar-refractivity contribution >= 4 is 34.3 Å². The van der Waals surface area contributed by atoms with Crippen molar-refractivity contribution in [2.45, 2.75) is 65.1 Å². The average molecular weight is 462 g/mol. The normalized spacial score (nSPS) is 19.0. The summed E-state index contributed by atoms with van der Waals surface area (Å²) in [5, 5.41) is 15.8. The molecule has 0 unspecified atom stereocenters. The Morgan fingerprint density at radius 2 is 2.03 bits per heavy atom. The lowest BCUT2D eigenvalue weighted by molar-refractivity contribution is 0.0703. The second kappa shape index (κ2) is 10.0. The van der Waals surface area contributed by atoms with Crippen LogP contribution < -0.4 is 10.1 Å². The molecule has 1 fully saturated rings. The zero-order valence-electron chi connectivity index (χ0n) is 18.8.